The Hall–Kier alpha value is -2.75. The average Bonchev–Trinajstić information content (AvgIpc) is 2.92. The van der Waals surface area contributed by atoms with E-state index in [0.29, 0.717) is 6.42 Å². The zero-order valence-corrected chi connectivity index (χ0v) is 13.3. The number of amides is 1. The van der Waals surface area contributed by atoms with Crippen LogP contribution in [0, 0.1) is 0 Å². The number of para-hydroxylation sites is 1. The minimum absolute atomic E-state index is 0.0349. The molecule has 23 heavy (non-hydrogen) atoms. The Balaban J connectivity index is 1.65. The van der Waals surface area contributed by atoms with Gasteiger partial charge in [0, 0.05) is 22.8 Å². The molecule has 0 atom stereocenters. The molecule has 4 nitrogen and oxygen atoms in total. The first-order valence-electron chi connectivity index (χ1n) is 7.73. The fourth-order valence-corrected chi connectivity index (χ4v) is 2.55. The molecule has 2 N–H and O–H groups in total. The first-order valence-corrected chi connectivity index (χ1v) is 7.73. The molecular weight excluding hydrogens is 288 g/mol. The summed E-state index contributed by atoms with van der Waals surface area (Å²) in [6, 6.07) is 15.4. The molecule has 0 fully saturated rings. The van der Waals surface area contributed by atoms with Crippen molar-refractivity contribution in [3.05, 3.63) is 60.3 Å². The van der Waals surface area contributed by atoms with E-state index < -0.39 is 0 Å². The van der Waals surface area contributed by atoms with Gasteiger partial charge in [-0.05, 0) is 49.7 Å². The number of benzene rings is 2. The Bertz CT molecular complexity index is 804. The van der Waals surface area contributed by atoms with Gasteiger partial charge in [-0.1, -0.05) is 18.2 Å². The van der Waals surface area contributed by atoms with E-state index in [9.17, 15) is 4.79 Å². The number of aromatic amines is 1. The summed E-state index contributed by atoms with van der Waals surface area (Å²) in [6.07, 6.45) is 2.37. The standard InChI is InChI=1S/C19H20N2O2/c1-13(2)23-16-9-7-15(8-10-16)21-19(22)11-14-12-20-18-6-4-3-5-17(14)18/h3-10,12-13,20H,11H2,1-2H3,(H,21,22). The van der Waals surface area contributed by atoms with Crippen LogP contribution in [-0.4, -0.2) is 17.0 Å². The molecule has 0 saturated heterocycles. The Morgan fingerprint density at radius 2 is 1.87 bits per heavy atom. The molecule has 0 radical (unpaired) electrons. The van der Waals surface area contributed by atoms with Crippen molar-refractivity contribution in [2.75, 3.05) is 5.32 Å². The molecule has 0 spiro atoms. The van der Waals surface area contributed by atoms with Crippen LogP contribution >= 0.6 is 0 Å². The van der Waals surface area contributed by atoms with E-state index >= 15 is 0 Å². The van der Waals surface area contributed by atoms with Gasteiger partial charge in [-0.3, -0.25) is 4.79 Å². The van der Waals surface area contributed by atoms with Crippen LogP contribution in [-0.2, 0) is 11.2 Å². The maximum absolute atomic E-state index is 12.2. The molecule has 0 bridgehead atoms. The molecule has 0 unspecified atom stereocenters. The first kappa shape index (κ1) is 15.2. The second-order valence-electron chi connectivity index (χ2n) is 5.78. The molecule has 0 saturated carbocycles. The number of carbonyl (C=O) groups is 1. The molecule has 3 aromatic rings. The third-order valence-electron chi connectivity index (χ3n) is 3.54. The largest absolute Gasteiger partial charge is 0.491 e. The third-order valence-corrected chi connectivity index (χ3v) is 3.54. The quantitative estimate of drug-likeness (QED) is 0.744. The number of carbonyl (C=O) groups excluding carboxylic acids is 1. The Kier molecular flexibility index (Phi) is 4.33. The summed E-state index contributed by atoms with van der Waals surface area (Å²) in [7, 11) is 0. The molecule has 2 aromatic carbocycles. The van der Waals surface area contributed by atoms with E-state index in [1.807, 2.05) is 68.6 Å². The highest BCUT2D eigenvalue weighted by Crippen LogP contribution is 2.20. The van der Waals surface area contributed by atoms with Crippen molar-refractivity contribution in [3.63, 3.8) is 0 Å². The van der Waals surface area contributed by atoms with Crippen molar-refractivity contribution in [2.24, 2.45) is 0 Å². The van der Waals surface area contributed by atoms with Crippen molar-refractivity contribution >= 4 is 22.5 Å². The normalized spacial score (nSPS) is 10.9. The summed E-state index contributed by atoms with van der Waals surface area (Å²) in [4.78, 5) is 15.4. The van der Waals surface area contributed by atoms with Crippen molar-refractivity contribution in [1.29, 1.82) is 0 Å². The minimum atomic E-state index is -0.0349. The first-order chi connectivity index (χ1) is 11.1. The van der Waals surface area contributed by atoms with Crippen LogP contribution in [0.4, 0.5) is 5.69 Å². The SMILES string of the molecule is CC(C)Oc1ccc(NC(=O)Cc2c[nH]c3ccccc23)cc1. The topological polar surface area (TPSA) is 54.1 Å². The molecule has 1 amide bonds. The number of fused-ring (bicyclic) bond motifs is 1. The molecule has 118 valence electrons. The third kappa shape index (κ3) is 3.72. The lowest BCUT2D eigenvalue weighted by Gasteiger charge is -2.10. The van der Waals surface area contributed by atoms with Crippen molar-refractivity contribution < 1.29 is 9.53 Å². The molecule has 0 aliphatic rings. The van der Waals surface area contributed by atoms with E-state index in [-0.39, 0.29) is 12.0 Å². The zero-order valence-electron chi connectivity index (χ0n) is 13.3. The van der Waals surface area contributed by atoms with Gasteiger partial charge in [0.1, 0.15) is 5.75 Å². The Labute approximate surface area is 135 Å². The van der Waals surface area contributed by atoms with E-state index in [4.69, 9.17) is 4.74 Å². The number of ether oxygens (including phenoxy) is 1. The molecule has 1 heterocycles. The molecule has 4 heteroatoms. The van der Waals surface area contributed by atoms with Crippen LogP contribution in [0.5, 0.6) is 5.75 Å². The van der Waals surface area contributed by atoms with Gasteiger partial charge in [-0.15, -0.1) is 0 Å². The maximum Gasteiger partial charge on any atom is 0.228 e. The smallest absolute Gasteiger partial charge is 0.228 e. The minimum Gasteiger partial charge on any atom is -0.491 e. The van der Waals surface area contributed by atoms with Gasteiger partial charge >= 0.3 is 0 Å². The number of H-pyrrole nitrogens is 1. The predicted octanol–water partition coefficient (Wildman–Crippen LogP) is 4.14. The van der Waals surface area contributed by atoms with Gasteiger partial charge in [-0.25, -0.2) is 0 Å². The van der Waals surface area contributed by atoms with Gasteiger partial charge in [0.05, 0.1) is 12.5 Å². The van der Waals surface area contributed by atoms with E-state index in [1.165, 1.54) is 0 Å². The zero-order chi connectivity index (χ0) is 16.2. The fraction of sp³-hybridized carbons (Fsp3) is 0.211. The Morgan fingerprint density at radius 1 is 1.13 bits per heavy atom. The number of hydrogen-bond donors (Lipinski definition) is 2. The lowest BCUT2D eigenvalue weighted by atomic mass is 10.1. The van der Waals surface area contributed by atoms with E-state index in [0.717, 1.165) is 27.9 Å². The highest BCUT2D eigenvalue weighted by atomic mass is 16.5. The maximum atomic E-state index is 12.2. The van der Waals surface area contributed by atoms with Crippen LogP contribution in [0.2, 0.25) is 0 Å². The van der Waals surface area contributed by atoms with Crippen molar-refractivity contribution in [3.8, 4) is 5.75 Å². The van der Waals surface area contributed by atoms with Gasteiger partial charge in [0.15, 0.2) is 0 Å². The highest BCUT2D eigenvalue weighted by molar-refractivity contribution is 5.95. The molecule has 1 aromatic heterocycles. The summed E-state index contributed by atoms with van der Waals surface area (Å²) < 4.78 is 5.59. The van der Waals surface area contributed by atoms with Gasteiger partial charge < -0.3 is 15.0 Å². The average molecular weight is 308 g/mol. The monoisotopic (exact) mass is 308 g/mol. The fourth-order valence-electron chi connectivity index (χ4n) is 2.55. The molecular formula is C19H20N2O2. The van der Waals surface area contributed by atoms with Crippen LogP contribution in [0.15, 0.2) is 54.7 Å². The summed E-state index contributed by atoms with van der Waals surface area (Å²) in [5.41, 5.74) is 2.81. The van der Waals surface area contributed by atoms with Crippen LogP contribution in [0.1, 0.15) is 19.4 Å². The number of rotatable bonds is 5. The van der Waals surface area contributed by atoms with E-state index in [2.05, 4.69) is 10.3 Å². The second-order valence-corrected chi connectivity index (χ2v) is 5.78. The van der Waals surface area contributed by atoms with Crippen molar-refractivity contribution in [2.45, 2.75) is 26.4 Å². The summed E-state index contributed by atoms with van der Waals surface area (Å²) in [6.45, 7) is 3.97. The van der Waals surface area contributed by atoms with Gasteiger partial charge in [0.2, 0.25) is 5.91 Å². The van der Waals surface area contributed by atoms with Gasteiger partial charge in [-0.2, -0.15) is 0 Å². The van der Waals surface area contributed by atoms with Crippen LogP contribution in [0.3, 0.4) is 0 Å². The molecule has 0 aliphatic heterocycles. The van der Waals surface area contributed by atoms with Crippen LogP contribution in [0.25, 0.3) is 10.9 Å². The number of anilines is 1. The number of hydrogen-bond acceptors (Lipinski definition) is 2. The summed E-state index contributed by atoms with van der Waals surface area (Å²) >= 11 is 0. The number of nitrogens with one attached hydrogen (secondary N) is 2. The summed E-state index contributed by atoms with van der Waals surface area (Å²) in [5, 5.41) is 4.00. The van der Waals surface area contributed by atoms with E-state index in [1.54, 1.807) is 0 Å². The van der Waals surface area contributed by atoms with Crippen LogP contribution < -0.4 is 10.1 Å². The summed E-state index contributed by atoms with van der Waals surface area (Å²) in [5.74, 6) is 0.766. The van der Waals surface area contributed by atoms with Gasteiger partial charge in [0.25, 0.3) is 0 Å². The second kappa shape index (κ2) is 6.57. The number of aromatic nitrogens is 1. The Morgan fingerprint density at radius 3 is 2.61 bits per heavy atom. The molecule has 0 aliphatic carbocycles. The van der Waals surface area contributed by atoms with Crippen molar-refractivity contribution in [1.82, 2.24) is 4.98 Å². The lowest BCUT2D eigenvalue weighted by molar-refractivity contribution is -0.115. The lowest BCUT2D eigenvalue weighted by Crippen LogP contribution is -2.14. The molecule has 3 rings (SSSR count). The highest BCUT2D eigenvalue weighted by Gasteiger charge is 2.09. The predicted molar refractivity (Wildman–Crippen MR) is 92.8 cm³/mol.